The van der Waals surface area contributed by atoms with Crippen LogP contribution in [-0.4, -0.2) is 15.6 Å². The monoisotopic (exact) mass is 429 g/mol. The first-order valence-corrected chi connectivity index (χ1v) is 11.3. The number of carbonyl (C=O) groups excluding carboxylic acids is 1. The first-order valence-electron chi connectivity index (χ1n) is 10.5. The van der Waals surface area contributed by atoms with E-state index in [0.717, 1.165) is 28.3 Å². The maximum Gasteiger partial charge on any atom is 0.264 e. The van der Waals surface area contributed by atoms with Gasteiger partial charge in [0.15, 0.2) is 5.17 Å². The van der Waals surface area contributed by atoms with Crippen LogP contribution in [-0.2, 0) is 4.79 Å². The molecule has 2 heterocycles. The Hall–Kier alpha value is -3.05. The largest absolute Gasteiger partial charge is 0.318 e. The van der Waals surface area contributed by atoms with E-state index in [9.17, 15) is 4.79 Å². The molecular formula is C26H27N3OS. The second-order valence-corrected chi connectivity index (χ2v) is 9.26. The summed E-state index contributed by atoms with van der Waals surface area (Å²) in [5.74, 6) is 0.400. The van der Waals surface area contributed by atoms with Crippen LogP contribution in [0.1, 0.15) is 47.8 Å². The fourth-order valence-corrected chi connectivity index (χ4v) is 4.53. The number of carbonyl (C=O) groups is 1. The van der Waals surface area contributed by atoms with Gasteiger partial charge in [-0.1, -0.05) is 43.7 Å². The summed E-state index contributed by atoms with van der Waals surface area (Å²) in [4.78, 5) is 17.7. The summed E-state index contributed by atoms with van der Waals surface area (Å²) < 4.78 is 2.23. The molecule has 0 bridgehead atoms. The van der Waals surface area contributed by atoms with Gasteiger partial charge in [-0.15, -0.1) is 0 Å². The molecule has 0 spiro atoms. The van der Waals surface area contributed by atoms with Crippen LogP contribution in [0.4, 0.5) is 5.69 Å². The van der Waals surface area contributed by atoms with Crippen LogP contribution >= 0.6 is 11.8 Å². The van der Waals surface area contributed by atoms with Gasteiger partial charge in [0.05, 0.1) is 10.6 Å². The normalized spacial score (nSPS) is 16.5. The van der Waals surface area contributed by atoms with E-state index in [4.69, 9.17) is 0 Å². The molecule has 158 valence electrons. The second-order valence-electron chi connectivity index (χ2n) is 8.23. The minimum Gasteiger partial charge on any atom is -0.318 e. The number of hydrogen-bond acceptors (Lipinski definition) is 3. The Bertz CT molecular complexity index is 1180. The van der Waals surface area contributed by atoms with Crippen molar-refractivity contribution >= 4 is 34.6 Å². The van der Waals surface area contributed by atoms with Gasteiger partial charge in [0.25, 0.3) is 5.91 Å². The molecule has 1 saturated heterocycles. The summed E-state index contributed by atoms with van der Waals surface area (Å²) in [5, 5.41) is 3.49. The number of aliphatic imine (C=N–C) groups is 1. The van der Waals surface area contributed by atoms with Gasteiger partial charge in [0.2, 0.25) is 0 Å². The molecule has 1 amide bonds. The molecule has 0 saturated carbocycles. The maximum atomic E-state index is 12.5. The number of aryl methyl sites for hydroxylation is 2. The minimum absolute atomic E-state index is 0.109. The number of thioether (sulfide) groups is 1. The highest BCUT2D eigenvalue weighted by atomic mass is 32.2. The average molecular weight is 430 g/mol. The molecule has 3 aromatic rings. The lowest BCUT2D eigenvalue weighted by Gasteiger charge is -2.12. The van der Waals surface area contributed by atoms with Crippen LogP contribution in [0, 0.1) is 20.8 Å². The number of nitrogens with zero attached hydrogens (tertiary/aromatic N) is 2. The van der Waals surface area contributed by atoms with Crippen molar-refractivity contribution in [2.24, 2.45) is 4.99 Å². The van der Waals surface area contributed by atoms with Gasteiger partial charge in [-0.05, 0) is 86.0 Å². The van der Waals surface area contributed by atoms with Gasteiger partial charge in [-0.25, -0.2) is 4.99 Å². The molecule has 4 nitrogen and oxygen atoms in total. The van der Waals surface area contributed by atoms with Crippen molar-refractivity contribution in [2.45, 2.75) is 40.5 Å². The molecule has 2 aromatic carbocycles. The van der Waals surface area contributed by atoms with Gasteiger partial charge in [-0.2, -0.15) is 0 Å². The number of amidine groups is 1. The summed E-state index contributed by atoms with van der Waals surface area (Å²) in [6.45, 7) is 10.6. The predicted octanol–water partition coefficient (Wildman–Crippen LogP) is 6.42. The molecule has 4 rings (SSSR count). The third-order valence-electron chi connectivity index (χ3n) is 5.49. The lowest BCUT2D eigenvalue weighted by molar-refractivity contribution is -0.115. The highest BCUT2D eigenvalue weighted by Crippen LogP contribution is 2.31. The zero-order valence-corrected chi connectivity index (χ0v) is 19.4. The molecule has 1 aromatic heterocycles. The molecule has 0 atom stereocenters. The van der Waals surface area contributed by atoms with Gasteiger partial charge >= 0.3 is 0 Å². The Morgan fingerprint density at radius 1 is 1.00 bits per heavy atom. The molecule has 1 aliphatic rings. The smallest absolute Gasteiger partial charge is 0.264 e. The number of rotatable bonds is 4. The van der Waals surface area contributed by atoms with E-state index in [1.165, 1.54) is 22.9 Å². The standard InChI is InChI=1S/C26H27N3OS/c1-16(2)20-8-12-23(13-9-20)29-18(4)14-21(19(29)5)15-24-25(30)28-26(31-24)27-22-10-6-17(3)7-11-22/h6-16H,1-5H3,(H,27,28,30)/b24-15+. The predicted molar refractivity (Wildman–Crippen MR) is 131 cm³/mol. The van der Waals surface area contributed by atoms with E-state index in [1.807, 2.05) is 37.3 Å². The highest BCUT2D eigenvalue weighted by Gasteiger charge is 2.24. The fraction of sp³-hybridized carbons (Fsp3) is 0.231. The van der Waals surface area contributed by atoms with E-state index in [0.29, 0.717) is 16.0 Å². The van der Waals surface area contributed by atoms with Crippen molar-refractivity contribution < 1.29 is 4.79 Å². The van der Waals surface area contributed by atoms with Gasteiger partial charge in [0.1, 0.15) is 0 Å². The van der Waals surface area contributed by atoms with E-state index < -0.39 is 0 Å². The van der Waals surface area contributed by atoms with Gasteiger partial charge in [-0.3, -0.25) is 4.79 Å². The van der Waals surface area contributed by atoms with Crippen LogP contribution in [0.15, 0.2) is 64.5 Å². The van der Waals surface area contributed by atoms with Crippen LogP contribution in [0.5, 0.6) is 0 Å². The Labute approximate surface area is 188 Å². The van der Waals surface area contributed by atoms with Crippen LogP contribution in [0.25, 0.3) is 11.8 Å². The lowest BCUT2D eigenvalue weighted by atomic mass is 10.0. The number of hydrogen-bond donors (Lipinski definition) is 1. The van der Waals surface area contributed by atoms with Crippen LogP contribution < -0.4 is 5.32 Å². The third kappa shape index (κ3) is 4.52. The zero-order valence-electron chi connectivity index (χ0n) is 18.6. The van der Waals surface area contributed by atoms with Crippen molar-refractivity contribution in [1.82, 2.24) is 9.88 Å². The summed E-state index contributed by atoms with van der Waals surface area (Å²) >= 11 is 1.38. The molecule has 0 radical (unpaired) electrons. The zero-order chi connectivity index (χ0) is 22.1. The van der Waals surface area contributed by atoms with E-state index in [2.05, 4.69) is 72.9 Å². The second kappa shape index (κ2) is 8.60. The summed E-state index contributed by atoms with van der Waals surface area (Å²) in [6.07, 6.45) is 1.96. The molecule has 0 unspecified atom stereocenters. The highest BCUT2D eigenvalue weighted by molar-refractivity contribution is 8.18. The Morgan fingerprint density at radius 2 is 1.68 bits per heavy atom. The molecule has 5 heteroatoms. The van der Waals surface area contributed by atoms with Crippen molar-refractivity contribution in [3.63, 3.8) is 0 Å². The minimum atomic E-state index is -0.109. The summed E-state index contributed by atoms with van der Waals surface area (Å²) in [7, 11) is 0. The van der Waals surface area contributed by atoms with Crippen molar-refractivity contribution in [3.05, 3.63) is 87.6 Å². The van der Waals surface area contributed by atoms with E-state index in [-0.39, 0.29) is 5.91 Å². The molecule has 1 N–H and O–H groups in total. The van der Waals surface area contributed by atoms with Gasteiger partial charge < -0.3 is 9.88 Å². The first kappa shape index (κ1) is 21.2. The molecule has 1 fully saturated rings. The maximum absolute atomic E-state index is 12.5. The SMILES string of the molecule is Cc1ccc(N=C2NC(=O)/C(=C\c3cc(C)n(-c4ccc(C(C)C)cc4)c3C)S2)cc1. The quantitative estimate of drug-likeness (QED) is 0.487. The number of nitrogens with one attached hydrogen (secondary N) is 1. The first-order chi connectivity index (χ1) is 14.8. The van der Waals surface area contributed by atoms with Gasteiger partial charge in [0, 0.05) is 17.1 Å². The van der Waals surface area contributed by atoms with E-state index >= 15 is 0 Å². The molecule has 0 aliphatic carbocycles. The summed E-state index contributed by atoms with van der Waals surface area (Å²) in [5.41, 5.74) is 7.76. The third-order valence-corrected chi connectivity index (χ3v) is 6.40. The average Bonchev–Trinajstić information content (AvgIpc) is 3.22. The molecule has 1 aliphatic heterocycles. The Balaban J connectivity index is 1.61. The number of aromatic nitrogens is 1. The van der Waals surface area contributed by atoms with Crippen molar-refractivity contribution in [2.75, 3.05) is 0 Å². The topological polar surface area (TPSA) is 46.4 Å². The van der Waals surface area contributed by atoms with Crippen LogP contribution in [0.2, 0.25) is 0 Å². The molecular weight excluding hydrogens is 402 g/mol. The lowest BCUT2D eigenvalue weighted by Crippen LogP contribution is -2.19. The number of benzene rings is 2. The Kier molecular flexibility index (Phi) is 5.88. The van der Waals surface area contributed by atoms with E-state index in [1.54, 1.807) is 0 Å². The van der Waals surface area contributed by atoms with Crippen LogP contribution in [0.3, 0.4) is 0 Å². The molecule has 31 heavy (non-hydrogen) atoms. The fourth-order valence-electron chi connectivity index (χ4n) is 3.70. The van der Waals surface area contributed by atoms with Crippen molar-refractivity contribution in [3.8, 4) is 5.69 Å². The Morgan fingerprint density at radius 3 is 2.32 bits per heavy atom. The van der Waals surface area contributed by atoms with Crippen molar-refractivity contribution in [1.29, 1.82) is 0 Å². The summed E-state index contributed by atoms with van der Waals surface area (Å²) in [6, 6.07) is 18.8. The number of amides is 1.